The Morgan fingerprint density at radius 3 is 2.55 bits per heavy atom. The van der Waals surface area contributed by atoms with Gasteiger partial charge in [-0.3, -0.25) is 4.79 Å². The number of hydrogen-bond donors (Lipinski definition) is 1. The molecular formula is C27H24N2O2. The molecule has 0 radical (unpaired) electrons. The number of Topliss-reactive ketones (excluding diaryl/α,β-unsaturated/α-hetero) is 1. The van der Waals surface area contributed by atoms with Crippen molar-refractivity contribution < 1.29 is 9.90 Å². The van der Waals surface area contributed by atoms with E-state index in [0.29, 0.717) is 5.69 Å². The first-order valence-corrected chi connectivity index (χ1v) is 10.2. The van der Waals surface area contributed by atoms with Crippen LogP contribution in [-0.4, -0.2) is 21.1 Å². The molecule has 4 heteroatoms. The molecule has 1 heterocycles. The van der Waals surface area contributed by atoms with Crippen molar-refractivity contribution in [3.63, 3.8) is 0 Å². The Morgan fingerprint density at radius 1 is 1.06 bits per heavy atom. The van der Waals surface area contributed by atoms with Crippen molar-refractivity contribution in [3.8, 4) is 11.1 Å². The second kappa shape index (κ2) is 8.22. The Balaban J connectivity index is 1.59. The van der Waals surface area contributed by atoms with Crippen LogP contribution in [0.1, 0.15) is 18.1 Å². The van der Waals surface area contributed by atoms with Crippen molar-refractivity contribution in [2.45, 2.75) is 32.4 Å². The van der Waals surface area contributed by atoms with Crippen molar-refractivity contribution in [1.29, 1.82) is 0 Å². The van der Waals surface area contributed by atoms with Crippen LogP contribution in [0.5, 0.6) is 0 Å². The summed E-state index contributed by atoms with van der Waals surface area (Å²) in [5, 5.41) is 12.1. The molecule has 0 aliphatic carbocycles. The van der Waals surface area contributed by atoms with Gasteiger partial charge in [0.05, 0.1) is 13.1 Å². The largest absolute Gasteiger partial charge is 0.380 e. The summed E-state index contributed by atoms with van der Waals surface area (Å²) in [7, 11) is 0. The van der Waals surface area contributed by atoms with Gasteiger partial charge < -0.3 is 9.67 Å². The van der Waals surface area contributed by atoms with Crippen molar-refractivity contribution in [1.82, 2.24) is 4.57 Å². The van der Waals surface area contributed by atoms with Crippen molar-refractivity contribution in [2.75, 3.05) is 0 Å². The lowest BCUT2D eigenvalue weighted by atomic mass is 9.94. The van der Waals surface area contributed by atoms with E-state index in [1.54, 1.807) is 19.1 Å². The standard InChI is InChI=1S/C27H24N2O2/c1-19-16-20(12-13-24(19)28-3)17-26(30)27(2,31)18-29-15-14-23-22(10-7-11-25(23)29)21-8-5-4-6-9-21/h4-16,31H,17-18H2,1-2H3/t27-/m0/s1. The normalized spacial score (nSPS) is 13.0. The average Bonchev–Trinajstić information content (AvgIpc) is 3.17. The summed E-state index contributed by atoms with van der Waals surface area (Å²) in [5.41, 5.74) is 3.94. The molecule has 154 valence electrons. The molecule has 4 aromatic rings. The Labute approximate surface area is 182 Å². The van der Waals surface area contributed by atoms with E-state index < -0.39 is 5.60 Å². The molecule has 0 aliphatic rings. The van der Waals surface area contributed by atoms with Gasteiger partial charge in [0.1, 0.15) is 5.60 Å². The first kappa shape index (κ1) is 20.6. The lowest BCUT2D eigenvalue weighted by Crippen LogP contribution is -2.40. The van der Waals surface area contributed by atoms with Crippen molar-refractivity contribution >= 4 is 22.4 Å². The number of aliphatic hydroxyl groups is 1. The van der Waals surface area contributed by atoms with Gasteiger partial charge in [-0.05, 0) is 48.2 Å². The van der Waals surface area contributed by atoms with Gasteiger partial charge in [-0.2, -0.15) is 0 Å². The second-order valence-corrected chi connectivity index (χ2v) is 8.15. The lowest BCUT2D eigenvalue weighted by molar-refractivity contribution is -0.136. The maximum Gasteiger partial charge on any atom is 0.190 e. The van der Waals surface area contributed by atoms with Crippen LogP contribution in [0.2, 0.25) is 0 Å². The van der Waals surface area contributed by atoms with Gasteiger partial charge in [-0.15, -0.1) is 0 Å². The number of carbonyl (C=O) groups excluding carboxylic acids is 1. The van der Waals surface area contributed by atoms with E-state index in [1.807, 2.05) is 60.2 Å². The van der Waals surface area contributed by atoms with Gasteiger partial charge in [0, 0.05) is 23.5 Å². The number of aryl methyl sites for hydroxylation is 1. The molecule has 3 aromatic carbocycles. The highest BCUT2D eigenvalue weighted by Gasteiger charge is 2.31. The highest BCUT2D eigenvalue weighted by Crippen LogP contribution is 2.30. The summed E-state index contributed by atoms with van der Waals surface area (Å²) in [6.07, 6.45) is 2.05. The topological polar surface area (TPSA) is 46.6 Å². The predicted molar refractivity (Wildman–Crippen MR) is 124 cm³/mol. The Bertz CT molecular complexity index is 1290. The highest BCUT2D eigenvalue weighted by molar-refractivity contribution is 5.96. The summed E-state index contributed by atoms with van der Waals surface area (Å²) in [6.45, 7) is 10.8. The smallest absolute Gasteiger partial charge is 0.190 e. The van der Waals surface area contributed by atoms with E-state index in [4.69, 9.17) is 6.57 Å². The Morgan fingerprint density at radius 2 is 1.84 bits per heavy atom. The molecule has 1 N–H and O–H groups in total. The molecular weight excluding hydrogens is 384 g/mol. The molecule has 0 unspecified atom stereocenters. The van der Waals surface area contributed by atoms with E-state index in [1.165, 1.54) is 0 Å². The predicted octanol–water partition coefficient (Wildman–Crippen LogP) is 5.73. The first-order valence-electron chi connectivity index (χ1n) is 10.2. The van der Waals surface area contributed by atoms with Crippen molar-refractivity contribution in [2.24, 2.45) is 0 Å². The van der Waals surface area contributed by atoms with Crippen LogP contribution in [-0.2, 0) is 17.8 Å². The fourth-order valence-electron chi connectivity index (χ4n) is 3.98. The number of hydrogen-bond acceptors (Lipinski definition) is 2. The molecule has 0 saturated heterocycles. The summed E-state index contributed by atoms with van der Waals surface area (Å²) < 4.78 is 1.94. The minimum atomic E-state index is -1.51. The number of carbonyl (C=O) groups is 1. The summed E-state index contributed by atoms with van der Waals surface area (Å²) in [5.74, 6) is -0.247. The molecule has 0 amide bonds. The molecule has 0 spiro atoms. The van der Waals surface area contributed by atoms with E-state index in [-0.39, 0.29) is 18.7 Å². The van der Waals surface area contributed by atoms with Crippen LogP contribution in [0.4, 0.5) is 5.69 Å². The minimum absolute atomic E-state index is 0.126. The van der Waals surface area contributed by atoms with Gasteiger partial charge in [0.15, 0.2) is 11.5 Å². The zero-order valence-electron chi connectivity index (χ0n) is 17.7. The van der Waals surface area contributed by atoms with Crippen molar-refractivity contribution in [3.05, 3.63) is 102 Å². The summed E-state index contributed by atoms with van der Waals surface area (Å²) >= 11 is 0. The summed E-state index contributed by atoms with van der Waals surface area (Å²) in [4.78, 5) is 16.4. The SMILES string of the molecule is [C-]#[N+]c1ccc(CC(=O)[C@@](C)(O)Cn2ccc3c(-c4ccccc4)cccc32)cc1C. The second-order valence-electron chi connectivity index (χ2n) is 8.15. The van der Waals surface area contributed by atoms with Crippen LogP contribution >= 0.6 is 0 Å². The van der Waals surface area contributed by atoms with Crippen LogP contribution < -0.4 is 0 Å². The van der Waals surface area contributed by atoms with E-state index in [9.17, 15) is 9.90 Å². The van der Waals surface area contributed by atoms with Crippen LogP contribution in [0.25, 0.3) is 26.9 Å². The molecule has 0 bridgehead atoms. The molecule has 31 heavy (non-hydrogen) atoms. The Kier molecular flexibility index (Phi) is 5.46. The van der Waals surface area contributed by atoms with E-state index in [2.05, 4.69) is 23.0 Å². The van der Waals surface area contributed by atoms with Gasteiger partial charge in [-0.1, -0.05) is 60.7 Å². The number of benzene rings is 3. The number of aromatic nitrogens is 1. The monoisotopic (exact) mass is 408 g/mol. The summed E-state index contributed by atoms with van der Waals surface area (Å²) in [6, 6.07) is 23.7. The minimum Gasteiger partial charge on any atom is -0.380 e. The first-order chi connectivity index (χ1) is 14.9. The van der Waals surface area contributed by atoms with Gasteiger partial charge >= 0.3 is 0 Å². The fourth-order valence-corrected chi connectivity index (χ4v) is 3.98. The lowest BCUT2D eigenvalue weighted by Gasteiger charge is -2.23. The van der Waals surface area contributed by atoms with E-state index >= 15 is 0 Å². The fraction of sp³-hybridized carbons (Fsp3) is 0.185. The Hall–Kier alpha value is -3.68. The maximum absolute atomic E-state index is 12.9. The third-order valence-electron chi connectivity index (χ3n) is 5.72. The van der Waals surface area contributed by atoms with Gasteiger partial charge in [0.25, 0.3) is 0 Å². The van der Waals surface area contributed by atoms with Crippen LogP contribution in [0.15, 0.2) is 79.0 Å². The van der Waals surface area contributed by atoms with E-state index in [0.717, 1.165) is 33.2 Å². The molecule has 0 fully saturated rings. The molecule has 4 rings (SSSR count). The number of fused-ring (bicyclic) bond motifs is 1. The molecule has 1 aromatic heterocycles. The van der Waals surface area contributed by atoms with Gasteiger partial charge in [-0.25, -0.2) is 4.85 Å². The molecule has 1 atom stereocenters. The highest BCUT2D eigenvalue weighted by atomic mass is 16.3. The van der Waals surface area contributed by atoms with Crippen LogP contribution in [0, 0.1) is 13.5 Å². The number of rotatable bonds is 6. The average molecular weight is 409 g/mol. The molecule has 0 saturated carbocycles. The maximum atomic E-state index is 12.9. The molecule has 0 aliphatic heterocycles. The quantitative estimate of drug-likeness (QED) is 0.414. The third kappa shape index (κ3) is 4.14. The zero-order valence-corrected chi connectivity index (χ0v) is 17.7. The number of nitrogens with zero attached hydrogens (tertiary/aromatic N) is 2. The van der Waals surface area contributed by atoms with Gasteiger partial charge in [0.2, 0.25) is 0 Å². The third-order valence-corrected chi connectivity index (χ3v) is 5.72. The van der Waals surface area contributed by atoms with Crippen LogP contribution in [0.3, 0.4) is 0 Å². The zero-order chi connectivity index (χ0) is 22.0. The number of ketones is 1. The molecule has 4 nitrogen and oxygen atoms in total.